The third kappa shape index (κ3) is 3.67. The Labute approximate surface area is 199 Å². The first kappa shape index (κ1) is 22.0. The van der Waals surface area contributed by atoms with Gasteiger partial charge in [0.25, 0.3) is 11.7 Å². The quantitative estimate of drug-likeness (QED) is 0.321. The predicted octanol–water partition coefficient (Wildman–Crippen LogP) is 5.55. The first-order valence-corrected chi connectivity index (χ1v) is 11.5. The monoisotopic (exact) mass is 453 g/mol. The summed E-state index contributed by atoms with van der Waals surface area (Å²) >= 11 is 0. The van der Waals surface area contributed by atoms with Crippen molar-refractivity contribution in [2.24, 2.45) is 0 Å². The number of hydrogen-bond acceptors (Lipinski definition) is 4. The van der Waals surface area contributed by atoms with Crippen LogP contribution in [0.4, 0.5) is 5.69 Å². The van der Waals surface area contributed by atoms with Gasteiger partial charge in [0.15, 0.2) is 0 Å². The number of carbonyl (C=O) groups excluding carboxylic acids is 2. The van der Waals surface area contributed by atoms with Crippen molar-refractivity contribution in [3.63, 3.8) is 0 Å². The number of amides is 1. The molecule has 2 aliphatic rings. The molecular formula is C29H27NO4. The number of para-hydroxylation sites is 1. The molecular weight excluding hydrogens is 426 g/mol. The van der Waals surface area contributed by atoms with Gasteiger partial charge in [-0.1, -0.05) is 63.2 Å². The van der Waals surface area contributed by atoms with E-state index in [9.17, 15) is 14.7 Å². The van der Waals surface area contributed by atoms with Gasteiger partial charge in [-0.2, -0.15) is 0 Å². The average Bonchev–Trinajstić information content (AvgIpc) is 3.41. The third-order valence-corrected chi connectivity index (χ3v) is 6.53. The molecule has 1 unspecified atom stereocenters. The molecule has 1 fully saturated rings. The lowest BCUT2D eigenvalue weighted by molar-refractivity contribution is -0.132. The summed E-state index contributed by atoms with van der Waals surface area (Å²) in [6, 6.07) is 21.7. The Morgan fingerprint density at radius 1 is 0.971 bits per heavy atom. The maximum absolute atomic E-state index is 13.3. The fourth-order valence-corrected chi connectivity index (χ4v) is 4.66. The van der Waals surface area contributed by atoms with E-state index in [-0.39, 0.29) is 16.7 Å². The van der Waals surface area contributed by atoms with Gasteiger partial charge in [0.1, 0.15) is 11.5 Å². The minimum atomic E-state index is -0.735. The van der Waals surface area contributed by atoms with Crippen LogP contribution < -0.4 is 9.64 Å². The summed E-state index contributed by atoms with van der Waals surface area (Å²) in [5.41, 5.74) is 4.06. The van der Waals surface area contributed by atoms with Gasteiger partial charge >= 0.3 is 0 Å². The summed E-state index contributed by atoms with van der Waals surface area (Å²) in [6.07, 6.45) is 0.743. The molecule has 0 saturated carbocycles. The normalized spacial score (nSPS) is 19.3. The standard InChI is InChI=1S/C29H27NO4/c1-29(2,3)21-12-9-18(10-13-21)25-24(26(31)20-11-14-23-19(17-20)15-16-34-23)27(32)28(33)30(25)22-7-5-4-6-8-22/h4-14,17,25,31H,15-16H2,1-3H3/b26-24-. The lowest BCUT2D eigenvalue weighted by Crippen LogP contribution is -2.29. The van der Waals surface area contributed by atoms with Crippen molar-refractivity contribution in [1.29, 1.82) is 0 Å². The molecule has 5 rings (SSSR count). The van der Waals surface area contributed by atoms with Crippen LogP contribution in [-0.4, -0.2) is 23.4 Å². The van der Waals surface area contributed by atoms with E-state index in [1.807, 2.05) is 48.5 Å². The molecule has 0 aromatic heterocycles. The number of nitrogens with zero attached hydrogens (tertiary/aromatic N) is 1. The lowest BCUT2D eigenvalue weighted by Gasteiger charge is -2.26. The van der Waals surface area contributed by atoms with Crippen LogP contribution in [-0.2, 0) is 21.4 Å². The van der Waals surface area contributed by atoms with Crippen LogP contribution in [0.2, 0.25) is 0 Å². The largest absolute Gasteiger partial charge is 0.507 e. The first-order chi connectivity index (χ1) is 16.3. The fourth-order valence-electron chi connectivity index (χ4n) is 4.66. The van der Waals surface area contributed by atoms with Crippen LogP contribution in [0.1, 0.15) is 49.1 Å². The maximum Gasteiger partial charge on any atom is 0.300 e. The number of fused-ring (bicyclic) bond motifs is 1. The lowest BCUT2D eigenvalue weighted by atomic mass is 9.85. The van der Waals surface area contributed by atoms with E-state index in [2.05, 4.69) is 20.8 Å². The molecule has 1 saturated heterocycles. The number of Topliss-reactive ketones (excluding diaryl/α,β-unsaturated/α-hetero) is 1. The second-order valence-electron chi connectivity index (χ2n) is 9.80. The fraction of sp³-hybridized carbons (Fsp3) is 0.241. The summed E-state index contributed by atoms with van der Waals surface area (Å²) in [7, 11) is 0. The van der Waals surface area contributed by atoms with Gasteiger partial charge in [-0.05, 0) is 52.4 Å². The van der Waals surface area contributed by atoms with Crippen molar-refractivity contribution in [3.8, 4) is 5.75 Å². The summed E-state index contributed by atoms with van der Waals surface area (Å²) in [5.74, 6) is -0.725. The number of benzene rings is 3. The highest BCUT2D eigenvalue weighted by atomic mass is 16.5. The minimum Gasteiger partial charge on any atom is -0.507 e. The van der Waals surface area contributed by atoms with Crippen molar-refractivity contribution in [2.45, 2.75) is 38.6 Å². The summed E-state index contributed by atoms with van der Waals surface area (Å²) in [6.45, 7) is 7.00. The molecule has 0 aliphatic carbocycles. The molecule has 2 heterocycles. The highest BCUT2D eigenvalue weighted by Crippen LogP contribution is 2.43. The molecule has 1 amide bonds. The Kier molecular flexibility index (Phi) is 5.28. The zero-order valence-electron chi connectivity index (χ0n) is 19.5. The van der Waals surface area contributed by atoms with Crippen molar-refractivity contribution < 1.29 is 19.4 Å². The van der Waals surface area contributed by atoms with Crippen LogP contribution in [0.15, 0.2) is 78.4 Å². The second kappa shape index (κ2) is 8.17. The van der Waals surface area contributed by atoms with Crippen molar-refractivity contribution in [2.75, 3.05) is 11.5 Å². The Morgan fingerprint density at radius 3 is 2.35 bits per heavy atom. The average molecular weight is 454 g/mol. The Bertz CT molecular complexity index is 1300. The van der Waals surface area contributed by atoms with E-state index in [0.29, 0.717) is 17.9 Å². The SMILES string of the molecule is CC(C)(C)c1ccc(C2/C(=C(/O)c3ccc4c(c3)CCO4)C(=O)C(=O)N2c2ccccc2)cc1. The van der Waals surface area contributed by atoms with Gasteiger partial charge in [0.05, 0.1) is 18.2 Å². The molecule has 3 aromatic rings. The number of rotatable bonds is 3. The number of ether oxygens (including phenoxy) is 1. The second-order valence-corrected chi connectivity index (χ2v) is 9.80. The van der Waals surface area contributed by atoms with E-state index in [1.165, 1.54) is 4.90 Å². The first-order valence-electron chi connectivity index (χ1n) is 11.5. The van der Waals surface area contributed by atoms with Gasteiger partial charge in [-0.15, -0.1) is 0 Å². The van der Waals surface area contributed by atoms with Crippen LogP contribution >= 0.6 is 0 Å². The van der Waals surface area contributed by atoms with Crippen LogP contribution in [0, 0.1) is 0 Å². The molecule has 172 valence electrons. The number of ketones is 1. The Morgan fingerprint density at radius 2 is 1.68 bits per heavy atom. The van der Waals surface area contributed by atoms with Crippen molar-refractivity contribution in [1.82, 2.24) is 0 Å². The molecule has 1 atom stereocenters. The zero-order chi connectivity index (χ0) is 24.0. The highest BCUT2D eigenvalue weighted by molar-refractivity contribution is 6.51. The van der Waals surface area contributed by atoms with Crippen LogP contribution in [0.5, 0.6) is 5.75 Å². The molecule has 2 aliphatic heterocycles. The highest BCUT2D eigenvalue weighted by Gasteiger charge is 2.47. The number of hydrogen-bond donors (Lipinski definition) is 1. The summed E-state index contributed by atoms with van der Waals surface area (Å²) in [4.78, 5) is 28.1. The Hall–Kier alpha value is -3.86. The smallest absolute Gasteiger partial charge is 0.300 e. The molecule has 0 bridgehead atoms. The number of aliphatic hydroxyl groups excluding tert-OH is 1. The minimum absolute atomic E-state index is 0.0355. The van der Waals surface area contributed by atoms with Crippen molar-refractivity contribution in [3.05, 3.63) is 101 Å². The van der Waals surface area contributed by atoms with E-state index < -0.39 is 17.7 Å². The molecule has 3 aromatic carbocycles. The van der Waals surface area contributed by atoms with Gasteiger partial charge in [0, 0.05) is 17.7 Å². The predicted molar refractivity (Wildman–Crippen MR) is 132 cm³/mol. The molecule has 5 heteroatoms. The van der Waals surface area contributed by atoms with E-state index >= 15 is 0 Å². The van der Waals surface area contributed by atoms with Gasteiger partial charge in [-0.25, -0.2) is 0 Å². The zero-order valence-corrected chi connectivity index (χ0v) is 19.5. The van der Waals surface area contributed by atoms with E-state index in [0.717, 1.165) is 28.9 Å². The molecule has 5 nitrogen and oxygen atoms in total. The van der Waals surface area contributed by atoms with Crippen molar-refractivity contribution >= 4 is 23.1 Å². The third-order valence-electron chi connectivity index (χ3n) is 6.53. The molecule has 1 N–H and O–H groups in total. The molecule has 34 heavy (non-hydrogen) atoms. The summed E-state index contributed by atoms with van der Waals surface area (Å²) < 4.78 is 5.57. The number of aliphatic hydroxyl groups is 1. The summed E-state index contributed by atoms with van der Waals surface area (Å²) in [5, 5.41) is 11.4. The maximum atomic E-state index is 13.3. The van der Waals surface area contributed by atoms with Gasteiger partial charge < -0.3 is 9.84 Å². The van der Waals surface area contributed by atoms with Gasteiger partial charge in [0.2, 0.25) is 0 Å². The number of carbonyl (C=O) groups is 2. The number of anilines is 1. The van der Waals surface area contributed by atoms with E-state index in [4.69, 9.17) is 4.74 Å². The van der Waals surface area contributed by atoms with Gasteiger partial charge in [-0.3, -0.25) is 14.5 Å². The topological polar surface area (TPSA) is 66.8 Å². The molecule has 0 radical (unpaired) electrons. The molecule has 0 spiro atoms. The van der Waals surface area contributed by atoms with E-state index in [1.54, 1.807) is 24.3 Å². The van der Waals surface area contributed by atoms with Crippen LogP contribution in [0.25, 0.3) is 5.76 Å². The Balaban J connectivity index is 1.68. The van der Waals surface area contributed by atoms with Crippen LogP contribution in [0.3, 0.4) is 0 Å².